The Balaban J connectivity index is 1.77. The lowest BCUT2D eigenvalue weighted by atomic mass is 10.1. The van der Waals surface area contributed by atoms with Gasteiger partial charge < -0.3 is 15.8 Å². The van der Waals surface area contributed by atoms with Gasteiger partial charge in [0.25, 0.3) is 0 Å². The maximum Gasteiger partial charge on any atom is 0.143 e. The number of halogens is 2. The summed E-state index contributed by atoms with van der Waals surface area (Å²) in [5.41, 5.74) is 6.94. The highest BCUT2D eigenvalue weighted by atomic mass is 35.5. The SMILES string of the molecule is Nc1cc(Cl)c(F)cc1NC1CCOC1C1CC1. The van der Waals surface area contributed by atoms with Gasteiger partial charge in [-0.15, -0.1) is 0 Å². The zero-order valence-electron chi connectivity index (χ0n) is 9.96. The van der Waals surface area contributed by atoms with Crippen molar-refractivity contribution in [2.75, 3.05) is 17.7 Å². The van der Waals surface area contributed by atoms with E-state index in [-0.39, 0.29) is 17.2 Å². The second-order valence-electron chi connectivity index (χ2n) is 5.07. The molecule has 0 spiro atoms. The molecular formula is C13H16ClFN2O. The molecule has 2 aliphatic rings. The molecule has 0 radical (unpaired) electrons. The van der Waals surface area contributed by atoms with E-state index in [0.717, 1.165) is 13.0 Å². The maximum absolute atomic E-state index is 13.4. The monoisotopic (exact) mass is 270 g/mol. The molecule has 1 heterocycles. The van der Waals surface area contributed by atoms with Crippen molar-refractivity contribution in [3.05, 3.63) is 23.0 Å². The molecule has 0 aromatic heterocycles. The third-order valence-electron chi connectivity index (χ3n) is 3.66. The Hall–Kier alpha value is -1.00. The van der Waals surface area contributed by atoms with E-state index in [9.17, 15) is 4.39 Å². The predicted octanol–water partition coefficient (Wildman–Crippen LogP) is 3.04. The van der Waals surface area contributed by atoms with E-state index >= 15 is 0 Å². The number of hydrogen-bond acceptors (Lipinski definition) is 3. The minimum Gasteiger partial charge on any atom is -0.397 e. The van der Waals surface area contributed by atoms with E-state index in [1.807, 2.05) is 0 Å². The van der Waals surface area contributed by atoms with Gasteiger partial charge in [-0.2, -0.15) is 0 Å². The van der Waals surface area contributed by atoms with E-state index in [1.165, 1.54) is 25.0 Å². The van der Waals surface area contributed by atoms with Gasteiger partial charge in [0.2, 0.25) is 0 Å². The first-order chi connectivity index (χ1) is 8.65. The number of benzene rings is 1. The Morgan fingerprint density at radius 3 is 2.83 bits per heavy atom. The maximum atomic E-state index is 13.4. The van der Waals surface area contributed by atoms with Crippen LogP contribution in [0.5, 0.6) is 0 Å². The summed E-state index contributed by atoms with van der Waals surface area (Å²) in [6.45, 7) is 0.759. The van der Waals surface area contributed by atoms with Crippen LogP contribution in [0.15, 0.2) is 12.1 Å². The highest BCUT2D eigenvalue weighted by Gasteiger charge is 2.40. The van der Waals surface area contributed by atoms with Gasteiger partial charge in [-0.05, 0) is 31.2 Å². The number of ether oxygens (including phenoxy) is 1. The first-order valence-corrected chi connectivity index (χ1v) is 6.65. The van der Waals surface area contributed by atoms with Crippen molar-refractivity contribution in [3.8, 4) is 0 Å². The standard InChI is InChI=1S/C13H16ClFN2O/c14-8-5-10(16)12(6-9(8)15)17-11-3-4-18-13(11)7-1-2-7/h5-7,11,13,17H,1-4,16H2. The Kier molecular flexibility index (Phi) is 3.08. The van der Waals surface area contributed by atoms with Crippen LogP contribution >= 0.6 is 11.6 Å². The molecule has 1 aromatic carbocycles. The number of nitrogens with one attached hydrogen (secondary N) is 1. The lowest BCUT2D eigenvalue weighted by Gasteiger charge is -2.21. The second kappa shape index (κ2) is 4.59. The Morgan fingerprint density at radius 2 is 2.11 bits per heavy atom. The van der Waals surface area contributed by atoms with E-state index in [1.54, 1.807) is 0 Å². The summed E-state index contributed by atoms with van der Waals surface area (Å²) in [6, 6.07) is 3.03. The molecule has 2 fully saturated rings. The largest absolute Gasteiger partial charge is 0.397 e. The van der Waals surface area contributed by atoms with Gasteiger partial charge in [-0.25, -0.2) is 4.39 Å². The normalized spacial score (nSPS) is 27.4. The van der Waals surface area contributed by atoms with Gasteiger partial charge in [0.15, 0.2) is 0 Å². The molecule has 3 nitrogen and oxygen atoms in total. The van der Waals surface area contributed by atoms with Gasteiger partial charge in [-0.3, -0.25) is 0 Å². The van der Waals surface area contributed by atoms with E-state index in [4.69, 9.17) is 22.1 Å². The molecule has 3 N–H and O–H groups in total. The number of hydrogen-bond donors (Lipinski definition) is 2. The molecule has 1 saturated heterocycles. The molecule has 1 saturated carbocycles. The van der Waals surface area contributed by atoms with Crippen molar-refractivity contribution in [1.29, 1.82) is 0 Å². The van der Waals surface area contributed by atoms with Gasteiger partial charge >= 0.3 is 0 Å². The molecule has 1 aromatic rings. The minimum atomic E-state index is -0.449. The summed E-state index contributed by atoms with van der Waals surface area (Å²) in [5, 5.41) is 3.36. The van der Waals surface area contributed by atoms with E-state index in [2.05, 4.69) is 5.32 Å². The van der Waals surface area contributed by atoms with Gasteiger partial charge in [0.05, 0.1) is 28.5 Å². The molecule has 0 bridgehead atoms. The van der Waals surface area contributed by atoms with Crippen molar-refractivity contribution in [1.82, 2.24) is 0 Å². The van der Waals surface area contributed by atoms with E-state index in [0.29, 0.717) is 17.3 Å². The zero-order valence-corrected chi connectivity index (χ0v) is 10.7. The molecule has 1 aliphatic carbocycles. The van der Waals surface area contributed by atoms with E-state index < -0.39 is 5.82 Å². The fourth-order valence-electron chi connectivity index (χ4n) is 2.54. The second-order valence-corrected chi connectivity index (χ2v) is 5.47. The summed E-state index contributed by atoms with van der Waals surface area (Å²) in [5.74, 6) is 0.207. The topological polar surface area (TPSA) is 47.3 Å². The Labute approximate surface area is 110 Å². The summed E-state index contributed by atoms with van der Waals surface area (Å²) in [6.07, 6.45) is 3.63. The highest BCUT2D eigenvalue weighted by Crippen LogP contribution is 2.40. The van der Waals surface area contributed by atoms with Crippen molar-refractivity contribution < 1.29 is 9.13 Å². The summed E-state index contributed by atoms with van der Waals surface area (Å²) < 4.78 is 19.2. The average molecular weight is 271 g/mol. The summed E-state index contributed by atoms with van der Waals surface area (Å²) in [4.78, 5) is 0. The molecule has 3 rings (SSSR count). The number of nitrogen functional groups attached to an aromatic ring is 1. The molecular weight excluding hydrogens is 255 g/mol. The molecule has 2 atom stereocenters. The fourth-order valence-corrected chi connectivity index (χ4v) is 2.71. The highest BCUT2D eigenvalue weighted by molar-refractivity contribution is 6.31. The smallest absolute Gasteiger partial charge is 0.143 e. The first kappa shape index (κ1) is 12.1. The molecule has 1 aliphatic heterocycles. The third kappa shape index (κ3) is 2.27. The van der Waals surface area contributed by atoms with Gasteiger partial charge in [0, 0.05) is 12.7 Å². The minimum absolute atomic E-state index is 0.0551. The zero-order chi connectivity index (χ0) is 12.7. The third-order valence-corrected chi connectivity index (χ3v) is 3.95. The summed E-state index contributed by atoms with van der Waals surface area (Å²) >= 11 is 5.68. The lowest BCUT2D eigenvalue weighted by molar-refractivity contribution is 0.0898. The molecule has 98 valence electrons. The number of nitrogens with two attached hydrogens (primary N) is 1. The number of rotatable bonds is 3. The lowest BCUT2D eigenvalue weighted by Crippen LogP contribution is -2.31. The predicted molar refractivity (Wildman–Crippen MR) is 70.3 cm³/mol. The van der Waals surface area contributed by atoms with Crippen LogP contribution in [-0.2, 0) is 4.74 Å². The van der Waals surface area contributed by atoms with Crippen molar-refractivity contribution >= 4 is 23.0 Å². The first-order valence-electron chi connectivity index (χ1n) is 6.28. The Bertz CT molecular complexity index is 465. The van der Waals surface area contributed by atoms with Crippen LogP contribution in [0.4, 0.5) is 15.8 Å². The van der Waals surface area contributed by atoms with Crippen LogP contribution in [0.2, 0.25) is 5.02 Å². The van der Waals surface area contributed by atoms with Crippen LogP contribution < -0.4 is 11.1 Å². The number of anilines is 2. The van der Waals surface area contributed by atoms with Crippen LogP contribution in [0, 0.1) is 11.7 Å². The molecule has 2 unspecified atom stereocenters. The molecule has 18 heavy (non-hydrogen) atoms. The fraction of sp³-hybridized carbons (Fsp3) is 0.538. The van der Waals surface area contributed by atoms with Crippen molar-refractivity contribution in [3.63, 3.8) is 0 Å². The summed E-state index contributed by atoms with van der Waals surface area (Å²) in [7, 11) is 0. The van der Waals surface area contributed by atoms with Gasteiger partial charge in [-0.1, -0.05) is 11.6 Å². The van der Waals surface area contributed by atoms with Crippen LogP contribution in [0.1, 0.15) is 19.3 Å². The average Bonchev–Trinajstić information content (AvgIpc) is 3.07. The quantitative estimate of drug-likeness (QED) is 0.830. The van der Waals surface area contributed by atoms with Gasteiger partial charge in [0.1, 0.15) is 5.82 Å². The Morgan fingerprint density at radius 1 is 1.33 bits per heavy atom. The van der Waals surface area contributed by atoms with Crippen molar-refractivity contribution in [2.24, 2.45) is 5.92 Å². The molecule has 5 heteroatoms. The van der Waals surface area contributed by atoms with Crippen LogP contribution in [0.3, 0.4) is 0 Å². The van der Waals surface area contributed by atoms with Crippen molar-refractivity contribution in [2.45, 2.75) is 31.4 Å². The molecule has 0 amide bonds. The van der Waals surface area contributed by atoms with Crippen LogP contribution in [0.25, 0.3) is 0 Å². The van der Waals surface area contributed by atoms with Crippen LogP contribution in [-0.4, -0.2) is 18.8 Å².